The Labute approximate surface area is 121 Å². The lowest BCUT2D eigenvalue weighted by molar-refractivity contribution is 0.0608. The number of aryl methyl sites for hydroxylation is 1. The van der Waals surface area contributed by atoms with Gasteiger partial charge in [0.2, 0.25) is 0 Å². The Hall–Kier alpha value is -1.36. The quantitative estimate of drug-likeness (QED) is 0.886. The fourth-order valence-corrected chi connectivity index (χ4v) is 3.71. The van der Waals surface area contributed by atoms with Crippen LogP contribution >= 0.6 is 0 Å². The molecule has 2 bridgehead atoms. The highest BCUT2D eigenvalue weighted by molar-refractivity contribution is 5.47. The molecule has 0 amide bonds. The average Bonchev–Trinajstić information content (AvgIpc) is 2.39. The minimum Gasteiger partial charge on any atom is -0.373 e. The first kappa shape index (κ1) is 13.6. The van der Waals surface area contributed by atoms with Crippen LogP contribution in [-0.2, 0) is 0 Å². The van der Waals surface area contributed by atoms with E-state index in [9.17, 15) is 0 Å². The minimum atomic E-state index is 0.542. The van der Waals surface area contributed by atoms with Crippen LogP contribution in [0.4, 0.5) is 11.6 Å². The molecule has 2 fully saturated rings. The molecule has 3 heterocycles. The molecule has 2 N–H and O–H groups in total. The number of nitrogens with one attached hydrogen (secondary N) is 2. The van der Waals surface area contributed by atoms with Gasteiger partial charge in [-0.05, 0) is 39.7 Å². The SMILES string of the molecule is CNc1cc(NC2CC3CCCC(C2)N3C)nc(C)n1. The lowest BCUT2D eigenvalue weighted by Crippen LogP contribution is -2.52. The molecule has 5 nitrogen and oxygen atoms in total. The number of fused-ring (bicyclic) bond motifs is 2. The molecule has 2 aliphatic rings. The van der Waals surface area contributed by atoms with Crippen LogP contribution in [0.5, 0.6) is 0 Å². The molecule has 2 atom stereocenters. The molecular weight excluding hydrogens is 250 g/mol. The van der Waals surface area contributed by atoms with Crippen molar-refractivity contribution < 1.29 is 0 Å². The van der Waals surface area contributed by atoms with E-state index in [1.54, 1.807) is 0 Å². The van der Waals surface area contributed by atoms with Gasteiger partial charge < -0.3 is 15.5 Å². The van der Waals surface area contributed by atoms with Gasteiger partial charge in [0.1, 0.15) is 17.5 Å². The van der Waals surface area contributed by atoms with Gasteiger partial charge in [-0.2, -0.15) is 0 Å². The van der Waals surface area contributed by atoms with Crippen molar-refractivity contribution in [2.45, 2.75) is 57.2 Å². The molecule has 0 radical (unpaired) electrons. The second-order valence-electron chi connectivity index (χ2n) is 6.15. The second-order valence-corrected chi connectivity index (χ2v) is 6.15. The number of piperidine rings is 2. The molecule has 0 spiro atoms. The van der Waals surface area contributed by atoms with E-state index in [0.29, 0.717) is 6.04 Å². The largest absolute Gasteiger partial charge is 0.373 e. The third-order valence-electron chi connectivity index (χ3n) is 4.79. The molecule has 2 aliphatic heterocycles. The van der Waals surface area contributed by atoms with Gasteiger partial charge in [-0.1, -0.05) is 6.42 Å². The van der Waals surface area contributed by atoms with Gasteiger partial charge >= 0.3 is 0 Å². The summed E-state index contributed by atoms with van der Waals surface area (Å²) in [6, 6.07) is 4.03. The first-order chi connectivity index (χ1) is 9.65. The third-order valence-corrected chi connectivity index (χ3v) is 4.79. The van der Waals surface area contributed by atoms with E-state index in [0.717, 1.165) is 29.5 Å². The summed E-state index contributed by atoms with van der Waals surface area (Å²) in [5, 5.41) is 6.72. The van der Waals surface area contributed by atoms with Gasteiger partial charge in [0, 0.05) is 31.2 Å². The molecule has 0 aromatic carbocycles. The average molecular weight is 275 g/mol. The zero-order chi connectivity index (χ0) is 14.1. The number of aromatic nitrogens is 2. The number of rotatable bonds is 3. The predicted octanol–water partition coefficient (Wildman–Crippen LogP) is 2.25. The molecule has 2 unspecified atom stereocenters. The highest BCUT2D eigenvalue weighted by Gasteiger charge is 2.35. The Bertz CT molecular complexity index is 461. The van der Waals surface area contributed by atoms with Gasteiger partial charge in [-0.15, -0.1) is 0 Å². The van der Waals surface area contributed by atoms with Gasteiger partial charge in [0.15, 0.2) is 0 Å². The Kier molecular flexibility index (Phi) is 3.78. The summed E-state index contributed by atoms with van der Waals surface area (Å²) in [6.07, 6.45) is 6.53. The van der Waals surface area contributed by atoms with Crippen LogP contribution < -0.4 is 10.6 Å². The van der Waals surface area contributed by atoms with Crippen LogP contribution in [0.15, 0.2) is 6.07 Å². The third kappa shape index (κ3) is 2.73. The fourth-order valence-electron chi connectivity index (χ4n) is 3.71. The van der Waals surface area contributed by atoms with Gasteiger partial charge in [-0.25, -0.2) is 9.97 Å². The minimum absolute atomic E-state index is 0.542. The number of hydrogen-bond acceptors (Lipinski definition) is 5. The molecule has 5 heteroatoms. The van der Waals surface area contributed by atoms with E-state index in [4.69, 9.17) is 0 Å². The predicted molar refractivity (Wildman–Crippen MR) is 82.2 cm³/mol. The summed E-state index contributed by atoms with van der Waals surface area (Å²) < 4.78 is 0. The summed E-state index contributed by atoms with van der Waals surface area (Å²) in [6.45, 7) is 1.94. The Morgan fingerprint density at radius 1 is 1.15 bits per heavy atom. The summed E-state index contributed by atoms with van der Waals surface area (Å²) >= 11 is 0. The van der Waals surface area contributed by atoms with Crippen LogP contribution in [0.1, 0.15) is 37.9 Å². The smallest absolute Gasteiger partial charge is 0.132 e. The summed E-state index contributed by atoms with van der Waals surface area (Å²) in [5.74, 6) is 2.65. The normalized spacial score (nSPS) is 30.1. The van der Waals surface area contributed by atoms with E-state index >= 15 is 0 Å². The Morgan fingerprint density at radius 2 is 1.80 bits per heavy atom. The van der Waals surface area contributed by atoms with Crippen molar-refractivity contribution in [3.8, 4) is 0 Å². The lowest BCUT2D eigenvalue weighted by atomic mass is 9.82. The number of anilines is 2. The van der Waals surface area contributed by atoms with E-state index in [-0.39, 0.29) is 0 Å². The molecule has 3 rings (SSSR count). The van der Waals surface area contributed by atoms with Crippen LogP contribution in [0.25, 0.3) is 0 Å². The van der Waals surface area contributed by atoms with Crippen molar-refractivity contribution in [2.24, 2.45) is 0 Å². The zero-order valence-corrected chi connectivity index (χ0v) is 12.7. The van der Waals surface area contributed by atoms with E-state index in [1.807, 2.05) is 20.0 Å². The van der Waals surface area contributed by atoms with Crippen LogP contribution in [0.2, 0.25) is 0 Å². The van der Waals surface area contributed by atoms with Crippen molar-refractivity contribution in [3.63, 3.8) is 0 Å². The highest BCUT2D eigenvalue weighted by atomic mass is 15.2. The van der Waals surface area contributed by atoms with E-state index in [1.165, 1.54) is 32.1 Å². The van der Waals surface area contributed by atoms with Crippen molar-refractivity contribution in [3.05, 3.63) is 11.9 Å². The van der Waals surface area contributed by atoms with Crippen molar-refractivity contribution in [1.82, 2.24) is 14.9 Å². The number of nitrogens with zero attached hydrogens (tertiary/aromatic N) is 3. The van der Waals surface area contributed by atoms with Gasteiger partial charge in [-0.3, -0.25) is 0 Å². The van der Waals surface area contributed by atoms with E-state index in [2.05, 4.69) is 32.5 Å². The van der Waals surface area contributed by atoms with Crippen LogP contribution in [-0.4, -0.2) is 47.1 Å². The summed E-state index contributed by atoms with van der Waals surface area (Å²) in [4.78, 5) is 11.4. The highest BCUT2D eigenvalue weighted by Crippen LogP contribution is 2.33. The lowest BCUT2D eigenvalue weighted by Gasteiger charge is -2.47. The standard InChI is InChI=1S/C15H25N5/c1-10-17-14(16-2)9-15(18-10)19-11-7-12-5-4-6-13(8-11)20(12)3/h9,11-13H,4-8H2,1-3H3,(H2,16,17,18,19). The molecular formula is C15H25N5. The van der Waals surface area contributed by atoms with E-state index < -0.39 is 0 Å². The van der Waals surface area contributed by atoms with Crippen LogP contribution in [0, 0.1) is 6.92 Å². The zero-order valence-electron chi connectivity index (χ0n) is 12.7. The molecule has 110 valence electrons. The molecule has 0 saturated carbocycles. The van der Waals surface area contributed by atoms with Crippen molar-refractivity contribution in [2.75, 3.05) is 24.7 Å². The van der Waals surface area contributed by atoms with Gasteiger partial charge in [0.25, 0.3) is 0 Å². The first-order valence-corrected chi connectivity index (χ1v) is 7.67. The maximum Gasteiger partial charge on any atom is 0.132 e. The maximum atomic E-state index is 4.51. The molecule has 1 aromatic rings. The Balaban J connectivity index is 1.70. The molecule has 1 aromatic heterocycles. The van der Waals surface area contributed by atoms with Crippen molar-refractivity contribution in [1.29, 1.82) is 0 Å². The monoisotopic (exact) mass is 275 g/mol. The number of hydrogen-bond donors (Lipinski definition) is 2. The molecule has 2 saturated heterocycles. The topological polar surface area (TPSA) is 53.1 Å². The first-order valence-electron chi connectivity index (χ1n) is 7.67. The molecule has 0 aliphatic carbocycles. The maximum absolute atomic E-state index is 4.51. The van der Waals surface area contributed by atoms with Crippen molar-refractivity contribution >= 4 is 11.6 Å². The van der Waals surface area contributed by atoms with Gasteiger partial charge in [0.05, 0.1) is 0 Å². The van der Waals surface area contributed by atoms with Crippen LogP contribution in [0.3, 0.4) is 0 Å². The second kappa shape index (κ2) is 5.56. The fraction of sp³-hybridized carbons (Fsp3) is 0.733. The summed E-state index contributed by atoms with van der Waals surface area (Å²) in [7, 11) is 4.18. The molecule has 20 heavy (non-hydrogen) atoms. The summed E-state index contributed by atoms with van der Waals surface area (Å²) in [5.41, 5.74) is 0. The Morgan fingerprint density at radius 3 is 2.45 bits per heavy atom.